The van der Waals surface area contributed by atoms with Gasteiger partial charge in [0, 0.05) is 24.4 Å². The van der Waals surface area contributed by atoms with Crippen molar-refractivity contribution in [1.29, 1.82) is 0 Å². The monoisotopic (exact) mass is 284 g/mol. The number of oxazole rings is 1. The van der Waals surface area contributed by atoms with Gasteiger partial charge in [-0.25, -0.2) is 4.98 Å². The van der Waals surface area contributed by atoms with Crippen LogP contribution in [-0.4, -0.2) is 26.3 Å². The standard InChI is InChI=1S/C16H16N2O3/c1-17-11-4-5-15-14(8-11)18-16(21-15)10-6-12(19-2)9-13(7-10)20-3/h4-9,17H,1-3H3. The lowest BCUT2D eigenvalue weighted by atomic mass is 10.2. The molecule has 0 aliphatic rings. The van der Waals surface area contributed by atoms with Crippen LogP contribution in [0.4, 0.5) is 5.69 Å². The minimum atomic E-state index is 0.537. The maximum atomic E-state index is 5.80. The van der Waals surface area contributed by atoms with E-state index in [0.29, 0.717) is 17.4 Å². The molecule has 0 spiro atoms. The molecule has 0 unspecified atom stereocenters. The van der Waals surface area contributed by atoms with E-state index in [2.05, 4.69) is 10.3 Å². The van der Waals surface area contributed by atoms with E-state index in [1.165, 1.54) is 0 Å². The van der Waals surface area contributed by atoms with Gasteiger partial charge in [-0.1, -0.05) is 0 Å². The Morgan fingerprint density at radius 2 is 1.71 bits per heavy atom. The molecule has 5 heteroatoms. The van der Waals surface area contributed by atoms with Crippen molar-refractivity contribution in [2.75, 3.05) is 26.6 Å². The van der Waals surface area contributed by atoms with Crippen molar-refractivity contribution in [2.24, 2.45) is 0 Å². The summed E-state index contributed by atoms with van der Waals surface area (Å²) < 4.78 is 16.3. The highest BCUT2D eigenvalue weighted by Crippen LogP contribution is 2.31. The van der Waals surface area contributed by atoms with E-state index in [1.807, 2.05) is 43.4 Å². The van der Waals surface area contributed by atoms with Crippen LogP contribution in [0.15, 0.2) is 40.8 Å². The summed E-state index contributed by atoms with van der Waals surface area (Å²) in [4.78, 5) is 4.52. The van der Waals surface area contributed by atoms with Crippen LogP contribution in [0, 0.1) is 0 Å². The van der Waals surface area contributed by atoms with Gasteiger partial charge in [-0.15, -0.1) is 0 Å². The average Bonchev–Trinajstić information content (AvgIpc) is 2.97. The minimum Gasteiger partial charge on any atom is -0.497 e. The minimum absolute atomic E-state index is 0.537. The highest BCUT2D eigenvalue weighted by molar-refractivity contribution is 5.80. The summed E-state index contributed by atoms with van der Waals surface area (Å²) in [5.41, 5.74) is 3.35. The van der Waals surface area contributed by atoms with Crippen LogP contribution in [-0.2, 0) is 0 Å². The van der Waals surface area contributed by atoms with E-state index >= 15 is 0 Å². The Morgan fingerprint density at radius 3 is 2.33 bits per heavy atom. The first-order valence-corrected chi connectivity index (χ1v) is 6.55. The summed E-state index contributed by atoms with van der Waals surface area (Å²) in [5.74, 6) is 1.93. The van der Waals surface area contributed by atoms with Crippen molar-refractivity contribution in [3.05, 3.63) is 36.4 Å². The fourth-order valence-electron chi connectivity index (χ4n) is 2.14. The van der Waals surface area contributed by atoms with E-state index in [-0.39, 0.29) is 0 Å². The number of ether oxygens (including phenoxy) is 2. The van der Waals surface area contributed by atoms with Crippen molar-refractivity contribution in [2.45, 2.75) is 0 Å². The molecule has 108 valence electrons. The van der Waals surface area contributed by atoms with Gasteiger partial charge in [-0.05, 0) is 30.3 Å². The number of nitrogens with one attached hydrogen (secondary N) is 1. The SMILES string of the molecule is CNc1ccc2oc(-c3cc(OC)cc(OC)c3)nc2c1. The second-order valence-electron chi connectivity index (χ2n) is 4.55. The Hall–Kier alpha value is -2.69. The second kappa shape index (κ2) is 5.36. The third-order valence-corrected chi connectivity index (χ3v) is 3.27. The smallest absolute Gasteiger partial charge is 0.227 e. The lowest BCUT2D eigenvalue weighted by Crippen LogP contribution is -1.88. The van der Waals surface area contributed by atoms with E-state index in [4.69, 9.17) is 13.9 Å². The first-order chi connectivity index (χ1) is 10.2. The van der Waals surface area contributed by atoms with Gasteiger partial charge in [0.2, 0.25) is 5.89 Å². The molecule has 0 atom stereocenters. The molecule has 5 nitrogen and oxygen atoms in total. The third kappa shape index (κ3) is 2.50. The van der Waals surface area contributed by atoms with Gasteiger partial charge >= 0.3 is 0 Å². The van der Waals surface area contributed by atoms with Crippen LogP contribution >= 0.6 is 0 Å². The molecule has 0 bridgehead atoms. The highest BCUT2D eigenvalue weighted by Gasteiger charge is 2.11. The second-order valence-corrected chi connectivity index (χ2v) is 4.55. The maximum Gasteiger partial charge on any atom is 0.227 e. The Morgan fingerprint density at radius 1 is 1.00 bits per heavy atom. The molecule has 0 aliphatic carbocycles. The largest absolute Gasteiger partial charge is 0.497 e. The fourth-order valence-corrected chi connectivity index (χ4v) is 2.14. The molecule has 0 saturated heterocycles. The van der Waals surface area contributed by atoms with Crippen molar-refractivity contribution in [1.82, 2.24) is 4.98 Å². The van der Waals surface area contributed by atoms with Gasteiger partial charge < -0.3 is 19.2 Å². The zero-order valence-corrected chi connectivity index (χ0v) is 12.1. The molecular weight excluding hydrogens is 268 g/mol. The topological polar surface area (TPSA) is 56.5 Å². The highest BCUT2D eigenvalue weighted by atomic mass is 16.5. The molecule has 0 saturated carbocycles. The number of aromatic nitrogens is 1. The summed E-state index contributed by atoms with van der Waals surface area (Å²) >= 11 is 0. The zero-order valence-electron chi connectivity index (χ0n) is 12.1. The summed E-state index contributed by atoms with van der Waals surface area (Å²) in [6.07, 6.45) is 0. The van der Waals surface area contributed by atoms with Crippen molar-refractivity contribution < 1.29 is 13.9 Å². The molecule has 2 aromatic carbocycles. The van der Waals surface area contributed by atoms with E-state index in [0.717, 1.165) is 22.4 Å². The summed E-state index contributed by atoms with van der Waals surface area (Å²) in [6, 6.07) is 11.3. The molecule has 0 aliphatic heterocycles. The maximum absolute atomic E-state index is 5.80. The molecule has 1 aromatic heterocycles. The zero-order chi connectivity index (χ0) is 14.8. The normalized spacial score (nSPS) is 10.6. The molecule has 3 rings (SSSR count). The first kappa shape index (κ1) is 13.3. The van der Waals surface area contributed by atoms with Crippen LogP contribution < -0.4 is 14.8 Å². The van der Waals surface area contributed by atoms with Crippen molar-refractivity contribution in [3.8, 4) is 23.0 Å². The van der Waals surface area contributed by atoms with Gasteiger partial charge in [0.1, 0.15) is 17.0 Å². The molecule has 0 amide bonds. The Bertz CT molecular complexity index is 758. The summed E-state index contributed by atoms with van der Waals surface area (Å²) in [6.45, 7) is 0. The van der Waals surface area contributed by atoms with Gasteiger partial charge in [0.05, 0.1) is 14.2 Å². The van der Waals surface area contributed by atoms with Crippen LogP contribution in [0.5, 0.6) is 11.5 Å². The van der Waals surface area contributed by atoms with Crippen LogP contribution in [0.25, 0.3) is 22.6 Å². The molecule has 1 heterocycles. The molecule has 0 fully saturated rings. The summed E-state index contributed by atoms with van der Waals surface area (Å²) in [7, 11) is 5.10. The fraction of sp³-hybridized carbons (Fsp3) is 0.188. The van der Waals surface area contributed by atoms with Crippen LogP contribution in [0.1, 0.15) is 0 Å². The first-order valence-electron chi connectivity index (χ1n) is 6.55. The van der Waals surface area contributed by atoms with E-state index in [9.17, 15) is 0 Å². The Labute approximate surface area is 122 Å². The van der Waals surface area contributed by atoms with Gasteiger partial charge in [-0.3, -0.25) is 0 Å². The molecule has 21 heavy (non-hydrogen) atoms. The average molecular weight is 284 g/mol. The number of hydrogen-bond donors (Lipinski definition) is 1. The van der Waals surface area contributed by atoms with Crippen LogP contribution in [0.3, 0.4) is 0 Å². The Balaban J connectivity index is 2.11. The lowest BCUT2D eigenvalue weighted by Gasteiger charge is -2.05. The number of fused-ring (bicyclic) bond motifs is 1. The number of methoxy groups -OCH3 is 2. The predicted molar refractivity (Wildman–Crippen MR) is 82.1 cm³/mol. The Kier molecular flexibility index (Phi) is 3.39. The van der Waals surface area contributed by atoms with E-state index in [1.54, 1.807) is 14.2 Å². The molecule has 3 aromatic rings. The third-order valence-electron chi connectivity index (χ3n) is 3.27. The summed E-state index contributed by atoms with van der Waals surface area (Å²) in [5, 5.41) is 3.08. The quantitative estimate of drug-likeness (QED) is 0.794. The number of hydrogen-bond acceptors (Lipinski definition) is 5. The van der Waals surface area contributed by atoms with Gasteiger partial charge in [0.25, 0.3) is 0 Å². The molecule has 0 radical (unpaired) electrons. The number of benzene rings is 2. The van der Waals surface area contributed by atoms with Crippen molar-refractivity contribution in [3.63, 3.8) is 0 Å². The van der Waals surface area contributed by atoms with Gasteiger partial charge in [0.15, 0.2) is 5.58 Å². The number of nitrogens with zero attached hydrogens (tertiary/aromatic N) is 1. The van der Waals surface area contributed by atoms with Gasteiger partial charge in [-0.2, -0.15) is 0 Å². The number of anilines is 1. The van der Waals surface area contributed by atoms with Crippen LogP contribution in [0.2, 0.25) is 0 Å². The molecular formula is C16H16N2O3. The molecule has 1 N–H and O–H groups in total. The predicted octanol–water partition coefficient (Wildman–Crippen LogP) is 3.55. The van der Waals surface area contributed by atoms with Crippen molar-refractivity contribution >= 4 is 16.8 Å². The van der Waals surface area contributed by atoms with E-state index < -0.39 is 0 Å². The lowest BCUT2D eigenvalue weighted by molar-refractivity contribution is 0.394. The number of rotatable bonds is 4.